The second-order valence-corrected chi connectivity index (χ2v) is 5.30. The molecule has 1 aromatic carbocycles. The van der Waals surface area contributed by atoms with Crippen LogP contribution < -0.4 is 0 Å². The zero-order valence-electron chi connectivity index (χ0n) is 10.2. The molecule has 0 fully saturated rings. The molecule has 0 saturated heterocycles. The second-order valence-electron chi connectivity index (χ2n) is 4.06. The highest BCUT2D eigenvalue weighted by molar-refractivity contribution is 14.1. The van der Waals surface area contributed by atoms with E-state index in [0.717, 1.165) is 9.13 Å². The molecular weight excluding hydrogens is 359 g/mol. The summed E-state index contributed by atoms with van der Waals surface area (Å²) in [5.41, 5.74) is 0.714. The molecule has 0 bridgehead atoms. The average molecular weight is 372 g/mol. The third-order valence-corrected chi connectivity index (χ3v) is 3.26. The van der Waals surface area contributed by atoms with Crippen molar-refractivity contribution < 1.29 is 19.5 Å². The summed E-state index contributed by atoms with van der Waals surface area (Å²) in [6, 6.07) is 7.31. The summed E-state index contributed by atoms with van der Waals surface area (Å²) in [7, 11) is 0. The van der Waals surface area contributed by atoms with Gasteiger partial charge in [0.1, 0.15) is 0 Å². The molecule has 19 heavy (non-hydrogen) atoms. The number of hydrogen-bond donors (Lipinski definition) is 1. The first-order chi connectivity index (χ1) is 8.90. The molecule has 4 nitrogen and oxygen atoms in total. The summed E-state index contributed by atoms with van der Waals surface area (Å²) in [5, 5.41) is 8.60. The molecule has 0 amide bonds. The molecule has 1 aromatic rings. The summed E-state index contributed by atoms with van der Waals surface area (Å²) in [6.45, 7) is 3.32. The fraction of sp³-hybridized carbons (Fsp3) is 0.214. The van der Waals surface area contributed by atoms with Crippen molar-refractivity contribution in [3.05, 3.63) is 45.6 Å². The van der Waals surface area contributed by atoms with Crippen molar-refractivity contribution in [3.8, 4) is 0 Å². The maximum atomic E-state index is 11.7. The van der Waals surface area contributed by atoms with Crippen molar-refractivity contribution >= 4 is 40.1 Å². The van der Waals surface area contributed by atoms with Gasteiger partial charge in [0.15, 0.2) is 5.78 Å². The van der Waals surface area contributed by atoms with Crippen LogP contribution in [0.3, 0.4) is 0 Å². The van der Waals surface area contributed by atoms with E-state index in [9.17, 15) is 14.4 Å². The lowest BCUT2D eigenvalue weighted by Crippen LogP contribution is -2.17. The highest BCUT2D eigenvalue weighted by atomic mass is 127. The van der Waals surface area contributed by atoms with Crippen LogP contribution in [0.4, 0.5) is 0 Å². The summed E-state index contributed by atoms with van der Waals surface area (Å²) >= 11 is 2.15. The molecule has 0 saturated carbocycles. The molecule has 0 aromatic heterocycles. The fourth-order valence-corrected chi connectivity index (χ4v) is 1.76. The largest absolute Gasteiger partial charge is 0.478 e. The molecule has 0 heterocycles. The number of carboxylic acids is 1. The summed E-state index contributed by atoms with van der Waals surface area (Å²) in [6.07, 6.45) is -0.0454. The summed E-state index contributed by atoms with van der Waals surface area (Å²) in [4.78, 5) is 33.7. The molecule has 1 N–H and O–H groups in total. The Morgan fingerprint density at radius 2 is 1.63 bits per heavy atom. The number of rotatable bonds is 7. The van der Waals surface area contributed by atoms with Gasteiger partial charge in [0.05, 0.1) is 0 Å². The third-order valence-electron chi connectivity index (χ3n) is 2.55. The van der Waals surface area contributed by atoms with Crippen molar-refractivity contribution in [2.24, 2.45) is 0 Å². The van der Waals surface area contributed by atoms with Crippen molar-refractivity contribution in [3.63, 3.8) is 0 Å². The van der Waals surface area contributed by atoms with Crippen LogP contribution in [0.5, 0.6) is 0 Å². The Morgan fingerprint density at radius 3 is 2.16 bits per heavy atom. The number of aliphatic carboxylic acids is 1. The molecule has 0 aliphatic heterocycles. The van der Waals surface area contributed by atoms with Gasteiger partial charge in [-0.15, -0.1) is 0 Å². The smallest absolute Gasteiger partial charge is 0.330 e. The Bertz CT molecular complexity index is 517. The topological polar surface area (TPSA) is 71.4 Å². The number of carbonyl (C=O) groups is 3. The summed E-state index contributed by atoms with van der Waals surface area (Å²) < 4.78 is 1.05. The molecule has 0 atom stereocenters. The van der Waals surface area contributed by atoms with E-state index in [1.54, 1.807) is 12.1 Å². The first-order valence-electron chi connectivity index (χ1n) is 5.61. The minimum Gasteiger partial charge on any atom is -0.478 e. The number of benzene rings is 1. The Labute approximate surface area is 124 Å². The highest BCUT2D eigenvalue weighted by Crippen LogP contribution is 2.09. The highest BCUT2D eigenvalue weighted by Gasteiger charge is 2.15. The minimum absolute atomic E-state index is 0.00654. The van der Waals surface area contributed by atoms with Crippen molar-refractivity contribution in [1.29, 1.82) is 0 Å². The van der Waals surface area contributed by atoms with Crippen LogP contribution in [-0.2, 0) is 20.8 Å². The van der Waals surface area contributed by atoms with Gasteiger partial charge >= 0.3 is 5.97 Å². The van der Waals surface area contributed by atoms with Gasteiger partial charge < -0.3 is 5.11 Å². The lowest BCUT2D eigenvalue weighted by Gasteiger charge is -2.02. The van der Waals surface area contributed by atoms with E-state index in [0.29, 0.717) is 0 Å². The first kappa shape index (κ1) is 15.6. The lowest BCUT2D eigenvalue weighted by atomic mass is 10.0. The molecule has 0 aliphatic carbocycles. The van der Waals surface area contributed by atoms with E-state index < -0.39 is 17.5 Å². The molecule has 0 aliphatic rings. The van der Waals surface area contributed by atoms with Crippen LogP contribution >= 0.6 is 22.6 Å². The number of ketones is 2. The fourth-order valence-electron chi connectivity index (χ4n) is 1.40. The molecule has 1 rings (SSSR count). The van der Waals surface area contributed by atoms with Gasteiger partial charge in [-0.25, -0.2) is 4.79 Å². The number of carboxylic acid groups (broad SMARTS) is 1. The second kappa shape index (κ2) is 7.18. The predicted octanol–water partition coefficient (Wildman–Crippen LogP) is 2.39. The zero-order valence-corrected chi connectivity index (χ0v) is 12.3. The van der Waals surface area contributed by atoms with Gasteiger partial charge in [-0.1, -0.05) is 18.7 Å². The van der Waals surface area contributed by atoms with Gasteiger partial charge in [-0.2, -0.15) is 0 Å². The van der Waals surface area contributed by atoms with E-state index in [1.165, 1.54) is 0 Å². The van der Waals surface area contributed by atoms with Gasteiger partial charge in [0.25, 0.3) is 0 Å². The molecule has 100 valence electrons. The molecule has 5 heteroatoms. The monoisotopic (exact) mass is 372 g/mol. The molecular formula is C14H13IO4. The maximum absolute atomic E-state index is 11.7. The van der Waals surface area contributed by atoms with Crippen molar-refractivity contribution in [2.75, 3.05) is 0 Å². The SMILES string of the molecule is C=C(CCC(=O)C(=O)Cc1ccc(I)cc1)C(=O)O. The van der Waals surface area contributed by atoms with Gasteiger partial charge in [0.2, 0.25) is 5.78 Å². The lowest BCUT2D eigenvalue weighted by molar-refractivity contribution is -0.136. The normalized spacial score (nSPS) is 9.95. The Morgan fingerprint density at radius 1 is 1.05 bits per heavy atom. The third kappa shape index (κ3) is 5.34. The van der Waals surface area contributed by atoms with E-state index in [2.05, 4.69) is 29.2 Å². The van der Waals surface area contributed by atoms with E-state index >= 15 is 0 Å². The molecule has 0 unspecified atom stereocenters. The number of Topliss-reactive ketones (excluding diaryl/α,β-unsaturated/α-hetero) is 2. The molecule has 0 radical (unpaired) electrons. The number of hydrogen-bond acceptors (Lipinski definition) is 3. The van der Waals surface area contributed by atoms with Crippen molar-refractivity contribution in [1.82, 2.24) is 0 Å². The first-order valence-corrected chi connectivity index (χ1v) is 6.69. The van der Waals surface area contributed by atoms with Crippen LogP contribution in [-0.4, -0.2) is 22.6 Å². The number of halogens is 1. The Kier molecular flexibility index (Phi) is 5.88. The predicted molar refractivity (Wildman–Crippen MR) is 78.9 cm³/mol. The number of carbonyl (C=O) groups excluding carboxylic acids is 2. The van der Waals surface area contributed by atoms with Crippen LogP contribution in [0.25, 0.3) is 0 Å². The average Bonchev–Trinajstić information content (AvgIpc) is 2.37. The quantitative estimate of drug-likeness (QED) is 0.453. The van der Waals surface area contributed by atoms with Gasteiger partial charge in [-0.3, -0.25) is 9.59 Å². The minimum atomic E-state index is -1.14. The van der Waals surface area contributed by atoms with E-state index in [4.69, 9.17) is 5.11 Å². The van der Waals surface area contributed by atoms with Crippen LogP contribution in [0, 0.1) is 3.57 Å². The molecule has 0 spiro atoms. The zero-order chi connectivity index (χ0) is 14.4. The van der Waals surface area contributed by atoms with Crippen LogP contribution in [0.1, 0.15) is 18.4 Å². The maximum Gasteiger partial charge on any atom is 0.330 e. The van der Waals surface area contributed by atoms with Crippen LogP contribution in [0.2, 0.25) is 0 Å². The standard InChI is InChI=1S/C14H13IO4/c1-9(14(18)19)2-7-12(16)13(17)8-10-3-5-11(15)6-4-10/h3-6H,1-2,7-8H2,(H,18,19). The van der Waals surface area contributed by atoms with E-state index in [-0.39, 0.29) is 24.8 Å². The van der Waals surface area contributed by atoms with Gasteiger partial charge in [-0.05, 0) is 46.7 Å². The Hall–Kier alpha value is -1.50. The van der Waals surface area contributed by atoms with Crippen LogP contribution in [0.15, 0.2) is 36.4 Å². The van der Waals surface area contributed by atoms with E-state index in [1.807, 2.05) is 12.1 Å². The van der Waals surface area contributed by atoms with Gasteiger partial charge in [0, 0.05) is 22.0 Å². The summed E-state index contributed by atoms with van der Waals surface area (Å²) in [5.74, 6) is -2.20. The van der Waals surface area contributed by atoms with Crippen molar-refractivity contribution in [2.45, 2.75) is 19.3 Å². The Balaban J connectivity index is 2.49.